The third kappa shape index (κ3) is 3.30. The number of rotatable bonds is 3. The van der Waals surface area contributed by atoms with Crippen LogP contribution < -0.4 is 5.32 Å². The molecule has 0 aromatic carbocycles. The van der Waals surface area contributed by atoms with Crippen LogP contribution in [0.5, 0.6) is 0 Å². The maximum absolute atomic E-state index is 11.7. The number of nitrogens with one attached hydrogen (secondary N) is 1. The van der Waals surface area contributed by atoms with Crippen molar-refractivity contribution in [3.8, 4) is 0 Å². The lowest BCUT2D eigenvalue weighted by Crippen LogP contribution is -2.31. The first kappa shape index (κ1) is 12.1. The van der Waals surface area contributed by atoms with E-state index in [-0.39, 0.29) is 5.91 Å². The molecule has 1 aromatic rings. The van der Waals surface area contributed by atoms with Crippen molar-refractivity contribution in [2.75, 3.05) is 19.8 Å². The van der Waals surface area contributed by atoms with Crippen LogP contribution in [0.1, 0.15) is 23.2 Å². The van der Waals surface area contributed by atoms with Crippen molar-refractivity contribution in [1.82, 2.24) is 5.32 Å². The van der Waals surface area contributed by atoms with Crippen LogP contribution in [0.4, 0.5) is 0 Å². The van der Waals surface area contributed by atoms with Gasteiger partial charge in [-0.15, -0.1) is 11.3 Å². The summed E-state index contributed by atoms with van der Waals surface area (Å²) in [4.78, 5) is 11.7. The predicted molar refractivity (Wildman–Crippen MR) is 67.9 cm³/mol. The second-order valence-corrected chi connectivity index (χ2v) is 6.20. The fourth-order valence-electron chi connectivity index (χ4n) is 1.72. The zero-order valence-electron chi connectivity index (χ0n) is 8.87. The van der Waals surface area contributed by atoms with Gasteiger partial charge in [0.2, 0.25) is 0 Å². The number of carbonyl (C=O) groups excluding carboxylic acids is 1. The summed E-state index contributed by atoms with van der Waals surface area (Å²) in [6.45, 7) is 2.41. The molecule has 1 fully saturated rings. The van der Waals surface area contributed by atoms with Crippen LogP contribution in [0, 0.1) is 5.92 Å². The van der Waals surface area contributed by atoms with Gasteiger partial charge in [0.25, 0.3) is 5.91 Å². The van der Waals surface area contributed by atoms with Crippen LogP contribution in [-0.2, 0) is 4.74 Å². The minimum atomic E-state index is 0.0217. The third-order valence-corrected chi connectivity index (χ3v) is 4.23. The maximum atomic E-state index is 11.7. The van der Waals surface area contributed by atoms with Gasteiger partial charge in [0.05, 0.1) is 9.35 Å². The number of hydrogen-bond acceptors (Lipinski definition) is 3. The highest BCUT2D eigenvalue weighted by atomic mass is 79.9. The normalized spacial score (nSPS) is 17.3. The fraction of sp³-hybridized carbons (Fsp3) is 0.545. The Morgan fingerprint density at radius 2 is 2.31 bits per heavy atom. The molecule has 1 aliphatic heterocycles. The lowest BCUT2D eigenvalue weighted by molar-refractivity contribution is 0.0643. The van der Waals surface area contributed by atoms with Crippen LogP contribution in [0.25, 0.3) is 0 Å². The number of hydrogen-bond donors (Lipinski definition) is 1. The summed E-state index contributed by atoms with van der Waals surface area (Å²) in [7, 11) is 0. The lowest BCUT2D eigenvalue weighted by Gasteiger charge is -2.21. The molecule has 88 valence electrons. The SMILES string of the molecule is O=C(NCC1CCOCC1)c1csc(Br)c1. The van der Waals surface area contributed by atoms with Crippen molar-refractivity contribution in [1.29, 1.82) is 0 Å². The smallest absolute Gasteiger partial charge is 0.252 e. The molecule has 0 aliphatic carbocycles. The van der Waals surface area contributed by atoms with Gasteiger partial charge < -0.3 is 10.1 Å². The molecule has 0 saturated carbocycles. The number of thiophene rings is 1. The van der Waals surface area contributed by atoms with Crippen molar-refractivity contribution in [2.24, 2.45) is 5.92 Å². The summed E-state index contributed by atoms with van der Waals surface area (Å²) in [6.07, 6.45) is 2.10. The molecule has 2 heterocycles. The van der Waals surface area contributed by atoms with Crippen molar-refractivity contribution >= 4 is 33.2 Å². The van der Waals surface area contributed by atoms with E-state index >= 15 is 0 Å². The fourth-order valence-corrected chi connectivity index (χ4v) is 2.86. The number of amides is 1. The Labute approximate surface area is 107 Å². The highest BCUT2D eigenvalue weighted by Gasteiger charge is 2.15. The lowest BCUT2D eigenvalue weighted by atomic mass is 10.0. The molecule has 1 aliphatic rings. The molecule has 0 atom stereocenters. The van der Waals surface area contributed by atoms with Crippen molar-refractivity contribution in [2.45, 2.75) is 12.8 Å². The quantitative estimate of drug-likeness (QED) is 0.932. The molecule has 0 unspecified atom stereocenters. The molecule has 0 radical (unpaired) electrons. The van der Waals surface area contributed by atoms with E-state index < -0.39 is 0 Å². The molecular weight excluding hydrogens is 290 g/mol. The molecule has 5 heteroatoms. The Morgan fingerprint density at radius 1 is 1.56 bits per heavy atom. The standard InChI is InChI=1S/C11H14BrNO2S/c12-10-5-9(7-16-10)11(14)13-6-8-1-3-15-4-2-8/h5,7-8H,1-4,6H2,(H,13,14). The molecule has 2 rings (SSSR count). The molecule has 1 saturated heterocycles. The third-order valence-electron chi connectivity index (χ3n) is 2.72. The van der Waals surface area contributed by atoms with Gasteiger partial charge in [-0.3, -0.25) is 4.79 Å². The highest BCUT2D eigenvalue weighted by Crippen LogP contribution is 2.20. The summed E-state index contributed by atoms with van der Waals surface area (Å²) in [6, 6.07) is 1.85. The first-order valence-corrected chi connectivity index (χ1v) is 7.03. The number of carbonyl (C=O) groups is 1. The summed E-state index contributed by atoms with van der Waals surface area (Å²) in [5.41, 5.74) is 0.740. The van der Waals surface area contributed by atoms with Gasteiger partial charge in [0.1, 0.15) is 0 Å². The summed E-state index contributed by atoms with van der Waals surface area (Å²) in [5, 5.41) is 4.84. The Bertz CT molecular complexity index is 361. The van der Waals surface area contributed by atoms with E-state index in [0.29, 0.717) is 5.92 Å². The Kier molecular flexibility index (Phi) is 4.37. The van der Waals surface area contributed by atoms with Crippen LogP contribution in [-0.4, -0.2) is 25.7 Å². The van der Waals surface area contributed by atoms with Gasteiger partial charge in [0, 0.05) is 25.1 Å². The van der Waals surface area contributed by atoms with E-state index in [1.54, 1.807) is 0 Å². The molecule has 0 spiro atoms. The summed E-state index contributed by atoms with van der Waals surface area (Å²) in [5.74, 6) is 0.591. The predicted octanol–water partition coefficient (Wildman–Crippen LogP) is 2.67. The molecule has 0 bridgehead atoms. The topological polar surface area (TPSA) is 38.3 Å². The van der Waals surface area contributed by atoms with Gasteiger partial charge in [-0.2, -0.15) is 0 Å². The zero-order chi connectivity index (χ0) is 11.4. The van der Waals surface area contributed by atoms with Crippen molar-refractivity contribution < 1.29 is 9.53 Å². The molecule has 3 nitrogen and oxygen atoms in total. The van der Waals surface area contributed by atoms with Crippen molar-refractivity contribution in [3.05, 3.63) is 20.8 Å². The highest BCUT2D eigenvalue weighted by molar-refractivity contribution is 9.11. The maximum Gasteiger partial charge on any atom is 0.252 e. The van der Waals surface area contributed by atoms with Gasteiger partial charge >= 0.3 is 0 Å². The average molecular weight is 304 g/mol. The second kappa shape index (κ2) is 5.80. The summed E-state index contributed by atoms with van der Waals surface area (Å²) >= 11 is 4.88. The van der Waals surface area contributed by atoms with Gasteiger partial charge in [-0.25, -0.2) is 0 Å². The van der Waals surface area contributed by atoms with Crippen LogP contribution in [0.3, 0.4) is 0 Å². The van der Waals surface area contributed by atoms with E-state index in [2.05, 4.69) is 21.2 Å². The first-order valence-electron chi connectivity index (χ1n) is 5.35. The van der Waals surface area contributed by atoms with Gasteiger partial charge in [-0.1, -0.05) is 0 Å². The summed E-state index contributed by atoms with van der Waals surface area (Å²) < 4.78 is 6.27. The zero-order valence-corrected chi connectivity index (χ0v) is 11.3. The second-order valence-electron chi connectivity index (χ2n) is 3.91. The molecule has 1 amide bonds. The Hall–Kier alpha value is -0.390. The number of halogens is 1. The molecule has 16 heavy (non-hydrogen) atoms. The first-order chi connectivity index (χ1) is 7.75. The van der Waals surface area contributed by atoms with Crippen LogP contribution in [0.15, 0.2) is 15.2 Å². The van der Waals surface area contributed by atoms with Gasteiger partial charge in [0.15, 0.2) is 0 Å². The van der Waals surface area contributed by atoms with E-state index in [9.17, 15) is 4.79 Å². The minimum Gasteiger partial charge on any atom is -0.381 e. The molecule has 1 aromatic heterocycles. The van der Waals surface area contributed by atoms with E-state index in [4.69, 9.17) is 4.74 Å². The average Bonchev–Trinajstić information content (AvgIpc) is 2.74. The molecule has 1 N–H and O–H groups in total. The van der Waals surface area contributed by atoms with Crippen LogP contribution in [0.2, 0.25) is 0 Å². The van der Waals surface area contributed by atoms with E-state index in [0.717, 1.165) is 42.0 Å². The van der Waals surface area contributed by atoms with E-state index in [1.165, 1.54) is 11.3 Å². The van der Waals surface area contributed by atoms with Crippen molar-refractivity contribution in [3.63, 3.8) is 0 Å². The Balaban J connectivity index is 1.79. The molecular formula is C11H14BrNO2S. The van der Waals surface area contributed by atoms with Gasteiger partial charge in [-0.05, 0) is 40.8 Å². The van der Waals surface area contributed by atoms with Crippen LogP contribution >= 0.6 is 27.3 Å². The minimum absolute atomic E-state index is 0.0217. The number of ether oxygens (including phenoxy) is 1. The Morgan fingerprint density at radius 3 is 2.94 bits per heavy atom. The monoisotopic (exact) mass is 303 g/mol. The van der Waals surface area contributed by atoms with E-state index in [1.807, 2.05) is 11.4 Å². The largest absolute Gasteiger partial charge is 0.381 e.